The molecule has 3 aliphatic rings. The Morgan fingerprint density at radius 3 is 2.95 bits per heavy atom. The molecule has 5 atom stereocenters. The number of nitrogens with two attached hydrogens (primary N) is 2. The lowest BCUT2D eigenvalue weighted by atomic mass is 10.1. The van der Waals surface area contributed by atoms with Crippen LogP contribution < -0.4 is 17.2 Å². The van der Waals surface area contributed by atoms with Crippen molar-refractivity contribution in [1.82, 2.24) is 9.55 Å². The Bertz CT molecular complexity index is 618. The van der Waals surface area contributed by atoms with Crippen molar-refractivity contribution in [2.45, 2.75) is 30.5 Å². The summed E-state index contributed by atoms with van der Waals surface area (Å²) in [6.07, 6.45) is -2.37. The standard InChI is InChI=1S/C10H12N4O5/c11-5-1-4-10(12)18-6-3(2-15)17-8(7(6)19-10)14(4)9(16)13-5/h1,3,6-8,15H,2,12H2,(H2,11,13,16)/t3-,6-,7-,8+,10-/m1/s1. The predicted octanol–water partition coefficient (Wildman–Crippen LogP) is -2.42. The highest BCUT2D eigenvalue weighted by atomic mass is 16.8. The topological polar surface area (TPSA) is 135 Å². The number of nitrogen functional groups attached to an aromatic ring is 1. The van der Waals surface area contributed by atoms with Crippen LogP contribution in [-0.2, 0) is 20.1 Å². The lowest BCUT2D eigenvalue weighted by molar-refractivity contribution is -0.250. The first kappa shape index (κ1) is 11.3. The van der Waals surface area contributed by atoms with Gasteiger partial charge < -0.3 is 25.1 Å². The third-order valence-electron chi connectivity index (χ3n) is 3.67. The molecular weight excluding hydrogens is 256 g/mol. The van der Waals surface area contributed by atoms with Crippen LogP contribution in [0.15, 0.2) is 10.9 Å². The van der Waals surface area contributed by atoms with E-state index in [1.54, 1.807) is 0 Å². The molecule has 0 aliphatic carbocycles. The maximum absolute atomic E-state index is 12.0. The highest BCUT2D eigenvalue weighted by Gasteiger charge is 2.63. The van der Waals surface area contributed by atoms with Gasteiger partial charge in [-0.25, -0.2) is 4.79 Å². The van der Waals surface area contributed by atoms with Crippen LogP contribution in [0.3, 0.4) is 0 Å². The van der Waals surface area contributed by atoms with Crippen LogP contribution in [0, 0.1) is 0 Å². The van der Waals surface area contributed by atoms with Crippen LogP contribution in [0.5, 0.6) is 0 Å². The van der Waals surface area contributed by atoms with Crippen molar-refractivity contribution >= 4 is 5.82 Å². The molecule has 3 aliphatic heterocycles. The molecule has 4 rings (SSSR count). The molecule has 19 heavy (non-hydrogen) atoms. The van der Waals surface area contributed by atoms with Gasteiger partial charge in [-0.2, -0.15) is 4.98 Å². The minimum Gasteiger partial charge on any atom is -0.394 e. The first-order valence-corrected chi connectivity index (χ1v) is 5.84. The minimum absolute atomic E-state index is 0.0354. The summed E-state index contributed by atoms with van der Waals surface area (Å²) < 4.78 is 18.1. The molecule has 102 valence electrons. The molecule has 0 saturated carbocycles. The summed E-state index contributed by atoms with van der Waals surface area (Å²) in [6, 6.07) is 1.43. The van der Waals surface area contributed by atoms with Gasteiger partial charge in [-0.15, -0.1) is 0 Å². The number of hydrogen-bond donors (Lipinski definition) is 3. The van der Waals surface area contributed by atoms with E-state index in [0.717, 1.165) is 0 Å². The lowest BCUT2D eigenvalue weighted by Gasteiger charge is -2.35. The normalized spacial score (nSPS) is 42.4. The number of aromatic nitrogens is 2. The van der Waals surface area contributed by atoms with Gasteiger partial charge in [-0.3, -0.25) is 10.3 Å². The SMILES string of the molecule is Nc1cc2n(c(=O)n1)[C@H]1O[C@H](CO)[C@H]3O[C@@]2(N)O[C@H]31. The van der Waals surface area contributed by atoms with E-state index in [1.807, 2.05) is 0 Å². The zero-order valence-electron chi connectivity index (χ0n) is 9.72. The Labute approximate surface area is 106 Å². The van der Waals surface area contributed by atoms with Gasteiger partial charge in [0.1, 0.15) is 29.8 Å². The smallest absolute Gasteiger partial charge is 0.352 e. The average molecular weight is 268 g/mol. The molecule has 5 N–H and O–H groups in total. The second-order valence-corrected chi connectivity index (χ2v) is 4.80. The number of fused-ring (bicyclic) bond motifs is 4. The summed E-state index contributed by atoms with van der Waals surface area (Å²) in [5.41, 5.74) is 11.3. The molecule has 2 fully saturated rings. The quantitative estimate of drug-likeness (QED) is 0.512. The largest absolute Gasteiger partial charge is 0.394 e. The zero-order valence-corrected chi connectivity index (χ0v) is 9.72. The first-order valence-electron chi connectivity index (χ1n) is 5.84. The molecule has 0 radical (unpaired) electrons. The van der Waals surface area contributed by atoms with Gasteiger partial charge in [0.05, 0.1) is 6.61 Å². The molecule has 2 saturated heterocycles. The predicted molar refractivity (Wildman–Crippen MR) is 59.5 cm³/mol. The molecule has 9 nitrogen and oxygen atoms in total. The van der Waals surface area contributed by atoms with Gasteiger partial charge in [0.25, 0.3) is 5.91 Å². The Kier molecular flexibility index (Phi) is 1.98. The van der Waals surface area contributed by atoms with Gasteiger partial charge in [-0.1, -0.05) is 0 Å². The van der Waals surface area contributed by atoms with E-state index >= 15 is 0 Å². The first-order chi connectivity index (χ1) is 9.03. The number of aliphatic hydroxyl groups is 1. The molecule has 1 aromatic rings. The maximum Gasteiger partial charge on any atom is 0.352 e. The average Bonchev–Trinajstić information content (AvgIpc) is 2.81. The highest BCUT2D eigenvalue weighted by molar-refractivity contribution is 5.32. The van der Waals surface area contributed by atoms with Crippen molar-refractivity contribution in [3.8, 4) is 0 Å². The van der Waals surface area contributed by atoms with Crippen molar-refractivity contribution in [2.75, 3.05) is 12.3 Å². The van der Waals surface area contributed by atoms with Crippen LogP contribution in [0.4, 0.5) is 5.82 Å². The van der Waals surface area contributed by atoms with Crippen molar-refractivity contribution in [2.24, 2.45) is 5.73 Å². The van der Waals surface area contributed by atoms with Gasteiger partial charge >= 0.3 is 5.69 Å². The van der Waals surface area contributed by atoms with E-state index in [-0.39, 0.29) is 18.1 Å². The minimum atomic E-state index is -1.56. The van der Waals surface area contributed by atoms with Crippen molar-refractivity contribution in [1.29, 1.82) is 0 Å². The Morgan fingerprint density at radius 2 is 2.21 bits per heavy atom. The van der Waals surface area contributed by atoms with E-state index in [2.05, 4.69) is 4.98 Å². The second kappa shape index (κ2) is 3.32. The van der Waals surface area contributed by atoms with Gasteiger partial charge in [0.2, 0.25) is 0 Å². The summed E-state index contributed by atoms with van der Waals surface area (Å²) >= 11 is 0. The zero-order chi connectivity index (χ0) is 13.4. The Hall–Kier alpha value is -1.52. The number of rotatable bonds is 1. The lowest BCUT2D eigenvalue weighted by Crippen LogP contribution is -2.51. The van der Waals surface area contributed by atoms with Crippen LogP contribution >= 0.6 is 0 Å². The van der Waals surface area contributed by atoms with E-state index in [9.17, 15) is 9.90 Å². The molecule has 0 aromatic carbocycles. The fourth-order valence-electron chi connectivity index (χ4n) is 2.91. The van der Waals surface area contributed by atoms with Gasteiger partial charge in [0, 0.05) is 6.07 Å². The molecule has 0 unspecified atom stereocenters. The molecule has 4 heterocycles. The molecule has 2 bridgehead atoms. The Balaban J connectivity index is 1.96. The van der Waals surface area contributed by atoms with E-state index in [4.69, 9.17) is 25.7 Å². The summed E-state index contributed by atoms with van der Waals surface area (Å²) in [5.74, 6) is -1.52. The second-order valence-electron chi connectivity index (χ2n) is 4.80. The summed E-state index contributed by atoms with van der Waals surface area (Å²) in [7, 11) is 0. The number of aliphatic hydroxyl groups excluding tert-OH is 1. The van der Waals surface area contributed by atoms with Gasteiger partial charge in [0.15, 0.2) is 6.23 Å². The van der Waals surface area contributed by atoms with Gasteiger partial charge in [-0.05, 0) is 0 Å². The number of nitrogens with zero attached hydrogens (tertiary/aromatic N) is 2. The number of ether oxygens (including phenoxy) is 3. The summed E-state index contributed by atoms with van der Waals surface area (Å²) in [5, 5.41) is 9.26. The van der Waals surface area contributed by atoms with Crippen molar-refractivity contribution in [3.63, 3.8) is 0 Å². The van der Waals surface area contributed by atoms with Crippen molar-refractivity contribution in [3.05, 3.63) is 22.2 Å². The molecule has 0 amide bonds. The third-order valence-corrected chi connectivity index (χ3v) is 3.67. The molecule has 1 aromatic heterocycles. The summed E-state index contributed by atoms with van der Waals surface area (Å²) in [6.45, 7) is -0.246. The molecule has 0 spiro atoms. The maximum atomic E-state index is 12.0. The highest BCUT2D eigenvalue weighted by Crippen LogP contribution is 2.49. The van der Waals surface area contributed by atoms with Crippen LogP contribution in [0.25, 0.3) is 0 Å². The van der Waals surface area contributed by atoms with Crippen LogP contribution in [-0.4, -0.2) is 39.6 Å². The third kappa shape index (κ3) is 1.25. The van der Waals surface area contributed by atoms with E-state index in [0.29, 0.717) is 0 Å². The fourth-order valence-corrected chi connectivity index (χ4v) is 2.91. The molecule has 9 heteroatoms. The fraction of sp³-hybridized carbons (Fsp3) is 0.600. The van der Waals surface area contributed by atoms with Crippen molar-refractivity contribution < 1.29 is 19.3 Å². The van der Waals surface area contributed by atoms with Crippen LogP contribution in [0.2, 0.25) is 0 Å². The summed E-state index contributed by atoms with van der Waals surface area (Å²) in [4.78, 5) is 15.6. The number of anilines is 1. The van der Waals surface area contributed by atoms with E-state index in [1.165, 1.54) is 10.6 Å². The van der Waals surface area contributed by atoms with E-state index < -0.39 is 36.1 Å². The molecular formula is C10H12N4O5. The number of hydrogen-bond acceptors (Lipinski definition) is 8. The van der Waals surface area contributed by atoms with Crippen LogP contribution in [0.1, 0.15) is 11.9 Å². The monoisotopic (exact) mass is 268 g/mol. The Morgan fingerprint density at radius 1 is 1.47 bits per heavy atom.